The molecule has 0 unspecified atom stereocenters. The van der Waals surface area contributed by atoms with Crippen molar-refractivity contribution in [3.8, 4) is 0 Å². The average Bonchev–Trinajstić information content (AvgIpc) is 2.58. The van der Waals surface area contributed by atoms with Gasteiger partial charge in [0.1, 0.15) is 0 Å². The maximum Gasteiger partial charge on any atom is 0.330 e. The van der Waals surface area contributed by atoms with Crippen LogP contribution in [0.5, 0.6) is 0 Å². The third-order valence-electron chi connectivity index (χ3n) is 3.72. The van der Waals surface area contributed by atoms with Crippen molar-refractivity contribution in [3.05, 3.63) is 12.2 Å². The predicted molar refractivity (Wildman–Crippen MR) is 118 cm³/mol. The average molecular weight is 425 g/mol. The number of rotatable bonds is 11. The molecule has 0 aromatic rings. The van der Waals surface area contributed by atoms with Gasteiger partial charge in [-0.3, -0.25) is 0 Å². The van der Waals surface area contributed by atoms with Crippen LogP contribution in [0.4, 0.5) is 0 Å². The summed E-state index contributed by atoms with van der Waals surface area (Å²) in [6, 6.07) is 0. The van der Waals surface area contributed by atoms with E-state index in [4.69, 9.17) is 5.11 Å². The Morgan fingerprint density at radius 3 is 1.16 bits per heavy atom. The number of hydrogen-bond acceptors (Lipinski definition) is 3. The smallest absolute Gasteiger partial charge is 0.330 e. The minimum Gasteiger partial charge on any atom is -0.478 e. The standard InChI is InChI=1S/2C7H17N.C6H10O2.BrH/c2*1-4-7-8(5-2)6-3;1-3-4-5(2)6(7)8;/h2*4-7H2,1-3H3;2-4H2,1H3,(H,7,8);1H. The van der Waals surface area contributed by atoms with Crippen molar-refractivity contribution in [1.29, 1.82) is 0 Å². The first kappa shape index (κ1) is 32.3. The fourth-order valence-corrected chi connectivity index (χ4v) is 2.12. The van der Waals surface area contributed by atoms with E-state index in [0.717, 1.165) is 6.42 Å². The molecular formula is C20H45BrN2O2. The molecule has 0 aromatic carbocycles. The Labute approximate surface area is 168 Å². The second-order valence-corrected chi connectivity index (χ2v) is 5.71. The molecule has 0 aliphatic rings. The summed E-state index contributed by atoms with van der Waals surface area (Å²) in [5.41, 5.74) is 0.299. The summed E-state index contributed by atoms with van der Waals surface area (Å²) in [6.07, 6.45) is 4.00. The van der Waals surface area contributed by atoms with E-state index in [1.54, 1.807) is 0 Å². The van der Waals surface area contributed by atoms with E-state index >= 15 is 0 Å². The van der Waals surface area contributed by atoms with Crippen LogP contribution in [-0.4, -0.2) is 60.1 Å². The highest BCUT2D eigenvalue weighted by molar-refractivity contribution is 8.93. The molecule has 1 N–H and O–H groups in total. The van der Waals surface area contributed by atoms with E-state index in [-0.39, 0.29) is 17.0 Å². The first-order valence-electron chi connectivity index (χ1n) is 9.73. The number of nitrogens with zero attached hydrogens (tertiary/aromatic N) is 2. The van der Waals surface area contributed by atoms with Crippen molar-refractivity contribution >= 4 is 23.0 Å². The summed E-state index contributed by atoms with van der Waals surface area (Å²) >= 11 is 0. The third-order valence-corrected chi connectivity index (χ3v) is 3.72. The van der Waals surface area contributed by atoms with Crippen molar-refractivity contribution in [2.45, 2.75) is 74.1 Å². The predicted octanol–water partition coefficient (Wildman–Crippen LogP) is 5.48. The van der Waals surface area contributed by atoms with Crippen LogP contribution in [0.2, 0.25) is 0 Å². The highest BCUT2D eigenvalue weighted by Crippen LogP contribution is 1.99. The van der Waals surface area contributed by atoms with Gasteiger partial charge in [0.05, 0.1) is 0 Å². The van der Waals surface area contributed by atoms with Crippen molar-refractivity contribution < 1.29 is 9.90 Å². The summed E-state index contributed by atoms with van der Waals surface area (Å²) < 4.78 is 0. The fourth-order valence-electron chi connectivity index (χ4n) is 2.12. The second kappa shape index (κ2) is 25.8. The SMILES string of the molecule is Br.C=C(CCC)C(=O)O.CCCN(CC)CC.CCCN(CC)CC. The zero-order valence-corrected chi connectivity index (χ0v) is 19.6. The van der Waals surface area contributed by atoms with Crippen LogP contribution >= 0.6 is 17.0 Å². The summed E-state index contributed by atoms with van der Waals surface area (Å²) in [7, 11) is 0. The lowest BCUT2D eigenvalue weighted by Crippen LogP contribution is -2.23. The molecule has 0 aliphatic carbocycles. The van der Waals surface area contributed by atoms with Crippen LogP contribution in [0.25, 0.3) is 0 Å². The van der Waals surface area contributed by atoms with Crippen LogP contribution < -0.4 is 0 Å². The summed E-state index contributed by atoms with van der Waals surface area (Å²) in [5, 5.41) is 8.21. The Morgan fingerprint density at radius 1 is 0.760 bits per heavy atom. The van der Waals surface area contributed by atoms with Gasteiger partial charge in [-0.2, -0.15) is 0 Å². The van der Waals surface area contributed by atoms with Crippen molar-refractivity contribution in [1.82, 2.24) is 9.80 Å². The van der Waals surface area contributed by atoms with E-state index in [1.165, 1.54) is 52.1 Å². The van der Waals surface area contributed by atoms with Gasteiger partial charge in [0, 0.05) is 5.57 Å². The van der Waals surface area contributed by atoms with Crippen molar-refractivity contribution in [2.24, 2.45) is 0 Å². The molecule has 0 radical (unpaired) electrons. The van der Waals surface area contributed by atoms with Crippen LogP contribution in [0, 0.1) is 0 Å². The van der Waals surface area contributed by atoms with E-state index in [1.807, 2.05) is 6.92 Å². The number of carboxylic acids is 1. The van der Waals surface area contributed by atoms with Crippen molar-refractivity contribution in [2.75, 3.05) is 39.3 Å². The zero-order valence-electron chi connectivity index (χ0n) is 17.9. The molecule has 0 aromatic heterocycles. The van der Waals surface area contributed by atoms with E-state index in [2.05, 4.69) is 57.9 Å². The number of aliphatic carboxylic acids is 1. The molecule has 0 spiro atoms. The van der Waals surface area contributed by atoms with E-state index in [9.17, 15) is 4.79 Å². The molecule has 0 atom stereocenters. The molecule has 0 fully saturated rings. The maximum absolute atomic E-state index is 9.99. The number of hydrogen-bond donors (Lipinski definition) is 1. The molecule has 4 nitrogen and oxygen atoms in total. The van der Waals surface area contributed by atoms with Gasteiger partial charge in [-0.15, -0.1) is 17.0 Å². The van der Waals surface area contributed by atoms with Gasteiger partial charge < -0.3 is 14.9 Å². The first-order chi connectivity index (χ1) is 11.4. The highest BCUT2D eigenvalue weighted by Gasteiger charge is 1.99. The maximum atomic E-state index is 9.99. The highest BCUT2D eigenvalue weighted by atomic mass is 79.9. The van der Waals surface area contributed by atoms with Crippen molar-refractivity contribution in [3.63, 3.8) is 0 Å². The monoisotopic (exact) mass is 424 g/mol. The molecule has 154 valence electrons. The van der Waals surface area contributed by atoms with Gasteiger partial charge in [-0.1, -0.05) is 61.5 Å². The first-order valence-corrected chi connectivity index (χ1v) is 9.73. The molecule has 0 saturated heterocycles. The normalized spacial score (nSPS) is 9.48. The Balaban J connectivity index is -0.000000130. The summed E-state index contributed by atoms with van der Waals surface area (Å²) in [5.74, 6) is -0.883. The molecule has 0 amide bonds. The minimum atomic E-state index is -0.883. The van der Waals surface area contributed by atoms with Gasteiger partial charge in [0.25, 0.3) is 0 Å². The van der Waals surface area contributed by atoms with Crippen LogP contribution in [0.15, 0.2) is 12.2 Å². The molecule has 0 rings (SSSR count). The Morgan fingerprint density at radius 2 is 1.08 bits per heavy atom. The lowest BCUT2D eigenvalue weighted by atomic mass is 10.2. The van der Waals surface area contributed by atoms with Gasteiger partial charge in [0.15, 0.2) is 0 Å². The number of carbonyl (C=O) groups is 1. The Bertz CT molecular complexity index is 265. The second-order valence-electron chi connectivity index (χ2n) is 5.71. The Kier molecular flexibility index (Phi) is 33.4. The molecule has 25 heavy (non-hydrogen) atoms. The van der Waals surface area contributed by atoms with Gasteiger partial charge in [-0.05, 0) is 58.5 Å². The number of carboxylic acid groups (broad SMARTS) is 1. The molecular weight excluding hydrogens is 380 g/mol. The molecule has 0 heterocycles. The fraction of sp³-hybridized carbons (Fsp3) is 0.850. The van der Waals surface area contributed by atoms with E-state index < -0.39 is 5.97 Å². The largest absolute Gasteiger partial charge is 0.478 e. The van der Waals surface area contributed by atoms with Gasteiger partial charge in [0.2, 0.25) is 0 Å². The molecule has 0 bridgehead atoms. The van der Waals surface area contributed by atoms with E-state index in [0.29, 0.717) is 12.0 Å². The number of halogens is 1. The van der Waals surface area contributed by atoms with Crippen LogP contribution in [0.1, 0.15) is 74.1 Å². The minimum absolute atomic E-state index is 0. The molecule has 5 heteroatoms. The Hall–Kier alpha value is -0.390. The quantitative estimate of drug-likeness (QED) is 0.445. The topological polar surface area (TPSA) is 43.8 Å². The lowest BCUT2D eigenvalue weighted by Gasteiger charge is -2.15. The third kappa shape index (κ3) is 26.0. The summed E-state index contributed by atoms with van der Waals surface area (Å²) in [4.78, 5) is 14.9. The summed E-state index contributed by atoms with van der Waals surface area (Å²) in [6.45, 7) is 25.8. The molecule has 0 saturated carbocycles. The van der Waals surface area contributed by atoms with Crippen LogP contribution in [0.3, 0.4) is 0 Å². The van der Waals surface area contributed by atoms with Gasteiger partial charge >= 0.3 is 5.97 Å². The van der Waals surface area contributed by atoms with Gasteiger partial charge in [-0.25, -0.2) is 4.79 Å². The zero-order chi connectivity index (χ0) is 19.4. The van der Waals surface area contributed by atoms with Crippen LogP contribution in [-0.2, 0) is 4.79 Å². The molecule has 0 aliphatic heterocycles. The lowest BCUT2D eigenvalue weighted by molar-refractivity contribution is -0.132.